The molecule has 1 aromatic heterocycles. The van der Waals surface area contributed by atoms with Crippen LogP contribution < -0.4 is 10.5 Å². The lowest BCUT2D eigenvalue weighted by Crippen LogP contribution is -2.15. The number of hydrogen-bond acceptors (Lipinski definition) is 5. The van der Waals surface area contributed by atoms with Crippen molar-refractivity contribution in [1.29, 1.82) is 0 Å². The van der Waals surface area contributed by atoms with Crippen LogP contribution in [0.5, 0.6) is 5.75 Å². The van der Waals surface area contributed by atoms with Crippen LogP contribution in [0.15, 0.2) is 28.8 Å². The van der Waals surface area contributed by atoms with Crippen molar-refractivity contribution >= 4 is 0 Å². The number of benzene rings is 1. The van der Waals surface area contributed by atoms with Crippen molar-refractivity contribution in [2.45, 2.75) is 26.7 Å². The molecule has 0 radical (unpaired) electrons. The molecule has 5 heteroatoms. The highest BCUT2D eigenvalue weighted by Crippen LogP contribution is 2.27. The number of para-hydroxylation sites is 1. The van der Waals surface area contributed by atoms with E-state index < -0.39 is 0 Å². The first-order valence-corrected chi connectivity index (χ1v) is 7.03. The predicted octanol–water partition coefficient (Wildman–Crippen LogP) is 2.66. The molecule has 0 aliphatic heterocycles. The Morgan fingerprint density at radius 3 is 2.80 bits per heavy atom. The van der Waals surface area contributed by atoms with Crippen LogP contribution in [0.3, 0.4) is 0 Å². The van der Waals surface area contributed by atoms with Crippen LogP contribution in [0, 0.1) is 5.92 Å². The molecular weight excluding hydrogens is 254 g/mol. The normalized spacial score (nSPS) is 12.3. The summed E-state index contributed by atoms with van der Waals surface area (Å²) in [6.07, 6.45) is 1.72. The van der Waals surface area contributed by atoms with Gasteiger partial charge in [0.1, 0.15) is 5.75 Å². The number of rotatable bonds is 7. The molecule has 5 nitrogen and oxygen atoms in total. The van der Waals surface area contributed by atoms with Crippen molar-refractivity contribution in [1.82, 2.24) is 10.1 Å². The highest BCUT2D eigenvalue weighted by Gasteiger charge is 2.15. The first-order valence-electron chi connectivity index (χ1n) is 7.03. The minimum absolute atomic E-state index is 0.380. The fourth-order valence-electron chi connectivity index (χ4n) is 2.02. The van der Waals surface area contributed by atoms with Crippen LogP contribution in [0.4, 0.5) is 0 Å². The molecule has 0 spiro atoms. The lowest BCUT2D eigenvalue weighted by atomic mass is 10.0. The van der Waals surface area contributed by atoms with Crippen molar-refractivity contribution in [3.63, 3.8) is 0 Å². The Bertz CT molecular complexity index is 535. The third kappa shape index (κ3) is 3.36. The van der Waals surface area contributed by atoms with Crippen LogP contribution in [0.2, 0.25) is 0 Å². The van der Waals surface area contributed by atoms with Gasteiger partial charge in [0, 0.05) is 6.42 Å². The SMILES string of the molecule is CCOc1ccccc1-c1noc(CC(CC)CN)n1. The quantitative estimate of drug-likeness (QED) is 0.840. The van der Waals surface area contributed by atoms with Crippen molar-refractivity contribution in [3.05, 3.63) is 30.2 Å². The van der Waals surface area contributed by atoms with E-state index in [1.165, 1.54) is 0 Å². The standard InChI is InChI=1S/C15H21N3O2/c1-3-11(10-16)9-14-17-15(18-20-14)12-7-5-6-8-13(12)19-4-2/h5-8,11H,3-4,9-10,16H2,1-2H3. The Hall–Kier alpha value is -1.88. The summed E-state index contributed by atoms with van der Waals surface area (Å²) in [5.74, 6) is 2.35. The van der Waals surface area contributed by atoms with Gasteiger partial charge in [0.05, 0.1) is 12.2 Å². The Labute approximate surface area is 119 Å². The van der Waals surface area contributed by atoms with Gasteiger partial charge in [-0.1, -0.05) is 30.6 Å². The van der Waals surface area contributed by atoms with E-state index in [1.54, 1.807) is 0 Å². The number of ether oxygens (including phenoxy) is 1. The first kappa shape index (κ1) is 14.5. The third-order valence-electron chi connectivity index (χ3n) is 3.27. The monoisotopic (exact) mass is 275 g/mol. The van der Waals surface area contributed by atoms with Gasteiger partial charge in [-0.25, -0.2) is 0 Å². The topological polar surface area (TPSA) is 74.2 Å². The number of hydrogen-bond donors (Lipinski definition) is 1. The molecule has 0 bridgehead atoms. The molecule has 20 heavy (non-hydrogen) atoms. The zero-order valence-electron chi connectivity index (χ0n) is 12.0. The molecule has 2 aromatic rings. The molecule has 108 valence electrons. The minimum atomic E-state index is 0.380. The first-order chi connectivity index (χ1) is 9.78. The van der Waals surface area contributed by atoms with E-state index in [-0.39, 0.29) is 0 Å². The minimum Gasteiger partial charge on any atom is -0.493 e. The molecule has 0 aliphatic carbocycles. The molecule has 0 saturated heterocycles. The molecule has 1 unspecified atom stereocenters. The van der Waals surface area contributed by atoms with E-state index in [0.717, 1.165) is 24.2 Å². The lowest BCUT2D eigenvalue weighted by Gasteiger charge is -2.07. The van der Waals surface area contributed by atoms with E-state index in [9.17, 15) is 0 Å². The summed E-state index contributed by atoms with van der Waals surface area (Å²) in [5, 5.41) is 4.04. The van der Waals surface area contributed by atoms with Gasteiger partial charge in [-0.15, -0.1) is 0 Å². The summed E-state index contributed by atoms with van der Waals surface area (Å²) in [4.78, 5) is 4.45. The maximum atomic E-state index is 5.70. The summed E-state index contributed by atoms with van der Waals surface area (Å²) in [5.41, 5.74) is 6.55. The molecule has 0 saturated carbocycles. The van der Waals surface area contributed by atoms with Crippen molar-refractivity contribution in [2.75, 3.05) is 13.2 Å². The zero-order valence-corrected chi connectivity index (χ0v) is 12.0. The average molecular weight is 275 g/mol. The van der Waals surface area contributed by atoms with Gasteiger partial charge >= 0.3 is 0 Å². The molecular formula is C15H21N3O2. The van der Waals surface area contributed by atoms with Gasteiger partial charge in [0.2, 0.25) is 11.7 Å². The van der Waals surface area contributed by atoms with Gasteiger partial charge in [-0.3, -0.25) is 0 Å². The number of aromatic nitrogens is 2. The molecule has 0 amide bonds. The molecule has 0 fully saturated rings. The van der Waals surface area contributed by atoms with Crippen LogP contribution in [-0.2, 0) is 6.42 Å². The number of nitrogens with two attached hydrogens (primary N) is 1. The molecule has 1 heterocycles. The molecule has 1 aromatic carbocycles. The number of nitrogens with zero attached hydrogens (tertiary/aromatic N) is 2. The molecule has 2 rings (SSSR count). The van der Waals surface area contributed by atoms with Crippen LogP contribution in [0.25, 0.3) is 11.4 Å². The third-order valence-corrected chi connectivity index (χ3v) is 3.27. The fourth-order valence-corrected chi connectivity index (χ4v) is 2.02. The maximum Gasteiger partial charge on any atom is 0.227 e. The van der Waals surface area contributed by atoms with Crippen LogP contribution in [0.1, 0.15) is 26.2 Å². The Kier molecular flexibility index (Phi) is 5.12. The summed E-state index contributed by atoms with van der Waals surface area (Å²) in [6.45, 7) is 5.29. The second-order valence-electron chi connectivity index (χ2n) is 4.65. The summed E-state index contributed by atoms with van der Waals surface area (Å²) < 4.78 is 10.9. The van der Waals surface area contributed by atoms with Crippen molar-refractivity contribution in [3.8, 4) is 17.1 Å². The highest BCUT2D eigenvalue weighted by atomic mass is 16.5. The Balaban J connectivity index is 2.20. The van der Waals surface area contributed by atoms with Gasteiger partial charge in [0.15, 0.2) is 0 Å². The van der Waals surface area contributed by atoms with Gasteiger partial charge < -0.3 is 15.0 Å². The fraction of sp³-hybridized carbons (Fsp3) is 0.467. The predicted molar refractivity (Wildman–Crippen MR) is 77.4 cm³/mol. The maximum absolute atomic E-state index is 5.70. The van der Waals surface area contributed by atoms with Gasteiger partial charge in [0.25, 0.3) is 0 Å². The second kappa shape index (κ2) is 7.05. The van der Waals surface area contributed by atoms with Gasteiger partial charge in [-0.05, 0) is 31.5 Å². The van der Waals surface area contributed by atoms with E-state index >= 15 is 0 Å². The summed E-state index contributed by atoms with van der Waals surface area (Å²) in [7, 11) is 0. The Morgan fingerprint density at radius 1 is 1.30 bits per heavy atom. The van der Waals surface area contributed by atoms with E-state index in [4.69, 9.17) is 15.0 Å². The highest BCUT2D eigenvalue weighted by molar-refractivity contribution is 5.63. The molecule has 1 atom stereocenters. The Morgan fingerprint density at radius 2 is 2.10 bits per heavy atom. The smallest absolute Gasteiger partial charge is 0.227 e. The van der Waals surface area contributed by atoms with E-state index in [2.05, 4.69) is 17.1 Å². The van der Waals surface area contributed by atoms with Crippen LogP contribution >= 0.6 is 0 Å². The van der Waals surface area contributed by atoms with E-state index in [0.29, 0.717) is 30.8 Å². The van der Waals surface area contributed by atoms with Crippen molar-refractivity contribution < 1.29 is 9.26 Å². The molecule has 2 N–H and O–H groups in total. The largest absolute Gasteiger partial charge is 0.493 e. The van der Waals surface area contributed by atoms with Crippen molar-refractivity contribution in [2.24, 2.45) is 11.7 Å². The second-order valence-corrected chi connectivity index (χ2v) is 4.65. The van der Waals surface area contributed by atoms with E-state index in [1.807, 2.05) is 31.2 Å². The lowest BCUT2D eigenvalue weighted by molar-refractivity contribution is 0.340. The average Bonchev–Trinajstić information content (AvgIpc) is 2.94. The molecule has 0 aliphatic rings. The zero-order chi connectivity index (χ0) is 14.4. The van der Waals surface area contributed by atoms with Crippen LogP contribution in [-0.4, -0.2) is 23.3 Å². The summed E-state index contributed by atoms with van der Waals surface area (Å²) >= 11 is 0. The summed E-state index contributed by atoms with van der Waals surface area (Å²) in [6, 6.07) is 7.70. The van der Waals surface area contributed by atoms with Gasteiger partial charge in [-0.2, -0.15) is 4.98 Å².